The van der Waals surface area contributed by atoms with Gasteiger partial charge in [0, 0.05) is 12.0 Å². The van der Waals surface area contributed by atoms with E-state index in [0.717, 1.165) is 5.69 Å². The van der Waals surface area contributed by atoms with E-state index >= 15 is 0 Å². The Morgan fingerprint density at radius 2 is 2.00 bits per heavy atom. The van der Waals surface area contributed by atoms with Gasteiger partial charge in [-0.2, -0.15) is 5.10 Å². The summed E-state index contributed by atoms with van der Waals surface area (Å²) < 4.78 is 1.93. The molecular weight excluding hydrogens is 212 g/mol. The van der Waals surface area contributed by atoms with Crippen molar-refractivity contribution in [3.8, 4) is 0 Å². The van der Waals surface area contributed by atoms with E-state index in [1.54, 1.807) is 13.1 Å². The minimum atomic E-state index is -0.313. The van der Waals surface area contributed by atoms with Crippen LogP contribution < -0.4 is 0 Å². The van der Waals surface area contributed by atoms with E-state index in [9.17, 15) is 5.11 Å². The van der Waals surface area contributed by atoms with Crippen molar-refractivity contribution >= 4 is 11.6 Å². The Morgan fingerprint density at radius 1 is 1.40 bits per heavy atom. The number of rotatable bonds is 4. The molecule has 1 rings (SSSR count). The average Bonchev–Trinajstić information content (AvgIpc) is 2.45. The fraction of sp³-hybridized carbons (Fsp3) is 0.727. The summed E-state index contributed by atoms with van der Waals surface area (Å²) in [5.41, 5.74) is 1.02. The third-order valence-corrected chi connectivity index (χ3v) is 2.73. The molecule has 1 aromatic rings. The zero-order valence-corrected chi connectivity index (χ0v) is 10.5. The van der Waals surface area contributed by atoms with Gasteiger partial charge in [0.05, 0.1) is 23.0 Å². The Bertz CT molecular complexity index is 320. The largest absolute Gasteiger partial charge is 0.393 e. The summed E-state index contributed by atoms with van der Waals surface area (Å²) in [5.74, 6) is 0.224. The molecule has 2 unspecified atom stereocenters. The second kappa shape index (κ2) is 4.99. The number of hydrogen-bond acceptors (Lipinski definition) is 2. The van der Waals surface area contributed by atoms with Gasteiger partial charge in [0.15, 0.2) is 0 Å². The molecule has 0 aliphatic heterocycles. The van der Waals surface area contributed by atoms with Crippen LogP contribution in [-0.4, -0.2) is 21.0 Å². The van der Waals surface area contributed by atoms with Crippen molar-refractivity contribution in [2.24, 2.45) is 0 Å². The van der Waals surface area contributed by atoms with Gasteiger partial charge in [0.2, 0.25) is 0 Å². The fourth-order valence-electron chi connectivity index (χ4n) is 1.85. The lowest BCUT2D eigenvalue weighted by Crippen LogP contribution is -2.13. The number of aliphatic hydroxyl groups is 1. The zero-order chi connectivity index (χ0) is 11.6. The van der Waals surface area contributed by atoms with Crippen molar-refractivity contribution in [2.75, 3.05) is 0 Å². The predicted molar refractivity (Wildman–Crippen MR) is 62.3 cm³/mol. The monoisotopic (exact) mass is 230 g/mol. The average molecular weight is 231 g/mol. The first kappa shape index (κ1) is 12.5. The van der Waals surface area contributed by atoms with Gasteiger partial charge in [-0.1, -0.05) is 18.5 Å². The molecule has 0 bridgehead atoms. The van der Waals surface area contributed by atoms with E-state index in [0.29, 0.717) is 17.5 Å². The number of nitrogens with zero attached hydrogens (tertiary/aromatic N) is 2. The molecule has 0 radical (unpaired) electrons. The van der Waals surface area contributed by atoms with Crippen molar-refractivity contribution in [1.29, 1.82) is 0 Å². The van der Waals surface area contributed by atoms with Crippen LogP contribution in [0.3, 0.4) is 0 Å². The van der Waals surface area contributed by atoms with E-state index in [1.165, 1.54) is 0 Å². The van der Waals surface area contributed by atoms with Gasteiger partial charge in [0.25, 0.3) is 0 Å². The molecule has 15 heavy (non-hydrogen) atoms. The van der Waals surface area contributed by atoms with Gasteiger partial charge in [-0.25, -0.2) is 0 Å². The highest BCUT2D eigenvalue weighted by molar-refractivity contribution is 6.31. The maximum absolute atomic E-state index is 9.37. The van der Waals surface area contributed by atoms with E-state index < -0.39 is 0 Å². The lowest BCUT2D eigenvalue weighted by Gasteiger charge is -2.18. The van der Waals surface area contributed by atoms with Crippen LogP contribution in [0.15, 0.2) is 6.20 Å². The summed E-state index contributed by atoms with van der Waals surface area (Å²) in [5, 5.41) is 14.3. The molecule has 1 aromatic heterocycles. The van der Waals surface area contributed by atoms with Gasteiger partial charge in [-0.05, 0) is 27.2 Å². The quantitative estimate of drug-likeness (QED) is 0.864. The van der Waals surface area contributed by atoms with Crippen LogP contribution in [0.5, 0.6) is 0 Å². The molecule has 2 atom stereocenters. The Kier molecular flexibility index (Phi) is 4.17. The lowest BCUT2D eigenvalue weighted by atomic mass is 10.0. The van der Waals surface area contributed by atoms with Crippen molar-refractivity contribution < 1.29 is 5.11 Å². The number of halogens is 1. The molecule has 0 saturated heterocycles. The maximum Gasteiger partial charge on any atom is 0.0820 e. The summed E-state index contributed by atoms with van der Waals surface area (Å²) in [4.78, 5) is 0. The summed E-state index contributed by atoms with van der Waals surface area (Å²) in [6, 6.07) is 0.295. The molecule has 0 spiro atoms. The van der Waals surface area contributed by atoms with Gasteiger partial charge in [-0.15, -0.1) is 0 Å². The molecule has 0 saturated carbocycles. The van der Waals surface area contributed by atoms with Gasteiger partial charge < -0.3 is 5.11 Å². The molecule has 0 aliphatic rings. The highest BCUT2D eigenvalue weighted by Gasteiger charge is 2.19. The van der Waals surface area contributed by atoms with Crippen LogP contribution in [0.4, 0.5) is 0 Å². The zero-order valence-electron chi connectivity index (χ0n) is 9.74. The summed E-state index contributed by atoms with van der Waals surface area (Å²) in [6.45, 7) is 8.00. The molecule has 86 valence electrons. The van der Waals surface area contributed by atoms with E-state index in [-0.39, 0.29) is 12.0 Å². The smallest absolute Gasteiger partial charge is 0.0820 e. The topological polar surface area (TPSA) is 38.1 Å². The van der Waals surface area contributed by atoms with E-state index in [2.05, 4.69) is 25.9 Å². The minimum Gasteiger partial charge on any atom is -0.393 e. The summed E-state index contributed by atoms with van der Waals surface area (Å²) in [6.07, 6.45) is 2.07. The van der Waals surface area contributed by atoms with Crippen LogP contribution in [0.1, 0.15) is 51.8 Å². The van der Waals surface area contributed by atoms with Crippen LogP contribution >= 0.6 is 11.6 Å². The number of aliphatic hydroxyl groups excluding tert-OH is 1. The standard InChI is InChI=1S/C11H19ClN2O/c1-7(2)14-11(10(12)6-13-14)8(3)5-9(4)15/h6-9,15H,5H2,1-4H3. The molecule has 0 amide bonds. The molecule has 1 heterocycles. The molecule has 0 aromatic carbocycles. The van der Waals surface area contributed by atoms with Gasteiger partial charge in [0.1, 0.15) is 0 Å². The Hall–Kier alpha value is -0.540. The third kappa shape index (κ3) is 2.95. The molecule has 0 aliphatic carbocycles. The maximum atomic E-state index is 9.37. The highest BCUT2D eigenvalue weighted by atomic mass is 35.5. The molecule has 3 nitrogen and oxygen atoms in total. The molecule has 1 N–H and O–H groups in total. The second-order valence-corrected chi connectivity index (χ2v) is 4.81. The van der Waals surface area contributed by atoms with E-state index in [1.807, 2.05) is 4.68 Å². The highest BCUT2D eigenvalue weighted by Crippen LogP contribution is 2.29. The fourth-order valence-corrected chi connectivity index (χ4v) is 2.16. The Labute approximate surface area is 96.1 Å². The van der Waals surface area contributed by atoms with Crippen molar-refractivity contribution in [3.05, 3.63) is 16.9 Å². The normalized spacial score (nSPS) is 15.7. The first-order valence-electron chi connectivity index (χ1n) is 5.34. The summed E-state index contributed by atoms with van der Waals surface area (Å²) in [7, 11) is 0. The van der Waals surface area contributed by atoms with Crippen LogP contribution in [0.2, 0.25) is 5.02 Å². The van der Waals surface area contributed by atoms with Crippen molar-refractivity contribution in [2.45, 2.75) is 52.2 Å². The Balaban J connectivity index is 2.95. The first-order valence-corrected chi connectivity index (χ1v) is 5.72. The predicted octanol–water partition coefficient (Wildman–Crippen LogP) is 2.99. The van der Waals surface area contributed by atoms with Crippen LogP contribution in [-0.2, 0) is 0 Å². The van der Waals surface area contributed by atoms with E-state index in [4.69, 9.17) is 11.6 Å². The number of hydrogen-bond donors (Lipinski definition) is 1. The Morgan fingerprint density at radius 3 is 2.47 bits per heavy atom. The summed E-state index contributed by atoms with van der Waals surface area (Å²) >= 11 is 6.10. The second-order valence-electron chi connectivity index (χ2n) is 4.40. The van der Waals surface area contributed by atoms with Crippen LogP contribution in [0.25, 0.3) is 0 Å². The van der Waals surface area contributed by atoms with Crippen molar-refractivity contribution in [1.82, 2.24) is 9.78 Å². The van der Waals surface area contributed by atoms with Crippen LogP contribution in [0, 0.1) is 0 Å². The van der Waals surface area contributed by atoms with Gasteiger partial charge >= 0.3 is 0 Å². The third-order valence-electron chi connectivity index (χ3n) is 2.44. The minimum absolute atomic E-state index is 0.224. The molecule has 0 fully saturated rings. The lowest BCUT2D eigenvalue weighted by molar-refractivity contribution is 0.175. The number of aromatic nitrogens is 2. The molecular formula is C11H19ClN2O. The molecule has 4 heteroatoms. The SMILES string of the molecule is CC(O)CC(C)c1c(Cl)cnn1C(C)C. The van der Waals surface area contributed by atoms with Gasteiger partial charge in [-0.3, -0.25) is 4.68 Å². The first-order chi connectivity index (χ1) is 6.93. The van der Waals surface area contributed by atoms with Crippen molar-refractivity contribution in [3.63, 3.8) is 0 Å².